The fourth-order valence-corrected chi connectivity index (χ4v) is 3.91. The summed E-state index contributed by atoms with van der Waals surface area (Å²) in [5.41, 5.74) is -0.0391. The van der Waals surface area contributed by atoms with E-state index in [4.69, 9.17) is 11.6 Å². The van der Waals surface area contributed by atoms with Gasteiger partial charge in [0.2, 0.25) is 0 Å². The maximum Gasteiger partial charge on any atom is 0.471 e. The van der Waals surface area contributed by atoms with Crippen LogP contribution in [0.1, 0.15) is 22.8 Å². The normalized spacial score (nSPS) is 14.4. The lowest BCUT2D eigenvalue weighted by Crippen LogP contribution is -2.52. The molecule has 2 aromatic rings. The maximum absolute atomic E-state index is 15.0. The lowest BCUT2D eigenvalue weighted by molar-refractivity contribution is -0.173. The maximum atomic E-state index is 15.0. The van der Waals surface area contributed by atoms with Gasteiger partial charge in [0.05, 0.1) is 18.1 Å². The van der Waals surface area contributed by atoms with E-state index < -0.39 is 42.1 Å². The van der Waals surface area contributed by atoms with Crippen molar-refractivity contribution < 1.29 is 36.3 Å². The second kappa shape index (κ2) is 11.9. The van der Waals surface area contributed by atoms with Gasteiger partial charge >= 0.3 is 18.1 Å². The predicted molar refractivity (Wildman–Crippen MR) is 126 cm³/mol. The van der Waals surface area contributed by atoms with Crippen molar-refractivity contribution in [3.63, 3.8) is 0 Å². The molecule has 0 radical (unpaired) electrons. The van der Waals surface area contributed by atoms with E-state index in [0.717, 1.165) is 18.7 Å². The summed E-state index contributed by atoms with van der Waals surface area (Å²) in [6.45, 7) is 3.72. The van der Waals surface area contributed by atoms with Gasteiger partial charge in [-0.25, -0.2) is 13.6 Å². The molecule has 37 heavy (non-hydrogen) atoms. The van der Waals surface area contributed by atoms with Crippen LogP contribution in [-0.4, -0.2) is 73.0 Å². The Kier molecular flexibility index (Phi) is 9.08. The molecule has 0 unspecified atom stereocenters. The number of likely N-dealkylation sites (N-methyl/N-ethyl adjacent to an activating group) is 1. The molecule has 0 bridgehead atoms. The summed E-state index contributed by atoms with van der Waals surface area (Å²) in [7, 11) is 0. The van der Waals surface area contributed by atoms with Gasteiger partial charge in [-0.05, 0) is 30.8 Å². The first-order chi connectivity index (χ1) is 17.4. The van der Waals surface area contributed by atoms with Gasteiger partial charge in [-0.2, -0.15) is 13.2 Å². The Bertz CT molecular complexity index is 1170. The van der Waals surface area contributed by atoms with E-state index in [-0.39, 0.29) is 28.4 Å². The van der Waals surface area contributed by atoms with Crippen LogP contribution in [0.3, 0.4) is 0 Å². The molecule has 200 valence electrons. The average molecular weight is 547 g/mol. The number of halogens is 6. The van der Waals surface area contributed by atoms with Gasteiger partial charge in [-0.3, -0.25) is 14.5 Å². The molecule has 13 heteroatoms. The van der Waals surface area contributed by atoms with Crippen LogP contribution in [0.5, 0.6) is 0 Å². The van der Waals surface area contributed by atoms with E-state index in [0.29, 0.717) is 26.2 Å². The number of ketones is 1. The van der Waals surface area contributed by atoms with Crippen molar-refractivity contribution in [2.45, 2.75) is 19.6 Å². The second-order valence-electron chi connectivity index (χ2n) is 8.30. The number of carbonyl (C=O) groups is 3. The van der Waals surface area contributed by atoms with Crippen molar-refractivity contribution >= 4 is 35.0 Å². The third-order valence-electron chi connectivity index (χ3n) is 5.91. The van der Waals surface area contributed by atoms with Gasteiger partial charge in [-0.15, -0.1) is 0 Å². The molecule has 0 saturated carbocycles. The van der Waals surface area contributed by atoms with E-state index in [1.54, 1.807) is 4.90 Å². The minimum absolute atomic E-state index is 0.00290. The van der Waals surface area contributed by atoms with Gasteiger partial charge < -0.3 is 15.1 Å². The Morgan fingerprint density at radius 1 is 1.00 bits per heavy atom. The van der Waals surface area contributed by atoms with Crippen LogP contribution in [0.25, 0.3) is 0 Å². The lowest BCUT2D eigenvalue weighted by atomic mass is 10.1. The minimum atomic E-state index is -5.15. The smallest absolute Gasteiger partial charge is 0.341 e. The Hall–Kier alpha value is -3.25. The minimum Gasteiger partial charge on any atom is -0.341 e. The monoisotopic (exact) mass is 546 g/mol. The molecule has 1 N–H and O–H groups in total. The van der Waals surface area contributed by atoms with Crippen LogP contribution in [-0.2, 0) is 11.3 Å². The van der Waals surface area contributed by atoms with E-state index in [2.05, 4.69) is 4.90 Å². The fraction of sp³-hybridized carbons (Fsp3) is 0.375. The third-order valence-corrected chi connectivity index (χ3v) is 6.20. The molecule has 0 atom stereocenters. The van der Waals surface area contributed by atoms with Gasteiger partial charge in [0.1, 0.15) is 11.6 Å². The van der Waals surface area contributed by atoms with Gasteiger partial charge in [0, 0.05) is 43.0 Å². The molecule has 1 aliphatic rings. The summed E-state index contributed by atoms with van der Waals surface area (Å²) in [4.78, 5) is 41.4. The topological polar surface area (TPSA) is 73.0 Å². The van der Waals surface area contributed by atoms with Crippen molar-refractivity contribution in [3.8, 4) is 0 Å². The van der Waals surface area contributed by atoms with Gasteiger partial charge in [-0.1, -0.05) is 30.7 Å². The van der Waals surface area contributed by atoms with Crippen molar-refractivity contribution in [2.75, 3.05) is 44.2 Å². The van der Waals surface area contributed by atoms with Crippen molar-refractivity contribution in [3.05, 3.63) is 64.2 Å². The van der Waals surface area contributed by atoms with Crippen LogP contribution in [0.4, 0.5) is 32.4 Å². The number of urea groups is 1. The SMILES string of the molecule is CCN1CCN(C(=O)N(Cc2ccc(C(=O)CNC(=O)C(F)(F)F)cc2F)c2ccc(F)c(Cl)c2)CC1. The molecular formula is C24H24ClF5N4O3. The Morgan fingerprint density at radius 3 is 2.24 bits per heavy atom. The van der Waals surface area contributed by atoms with E-state index in [1.807, 2.05) is 6.92 Å². The highest BCUT2D eigenvalue weighted by Crippen LogP contribution is 2.26. The number of rotatable bonds is 7. The zero-order chi connectivity index (χ0) is 27.3. The molecule has 3 amide bonds. The number of benzene rings is 2. The number of Topliss-reactive ketones (excluding diaryl/α,β-unsaturated/α-hetero) is 1. The number of hydrogen-bond donors (Lipinski definition) is 1. The standard InChI is InChI=1S/C24H24ClF5N4O3/c1-2-32-7-9-33(10-8-32)23(37)34(17-5-6-19(26)18(25)12-17)14-16-4-3-15(11-20(16)27)21(35)13-31-22(36)24(28,29)30/h3-6,11-12H,2,7-10,13-14H2,1H3,(H,31,36). The predicted octanol–water partition coefficient (Wildman–Crippen LogP) is 4.24. The van der Waals surface area contributed by atoms with Gasteiger partial charge in [0.25, 0.3) is 0 Å². The van der Waals surface area contributed by atoms with Crippen LogP contribution in [0.2, 0.25) is 5.02 Å². The van der Waals surface area contributed by atoms with Crippen molar-refractivity contribution in [2.24, 2.45) is 0 Å². The largest absolute Gasteiger partial charge is 0.471 e. The summed E-state index contributed by atoms with van der Waals surface area (Å²) in [6.07, 6.45) is -5.15. The van der Waals surface area contributed by atoms with Gasteiger partial charge in [0.15, 0.2) is 5.78 Å². The number of anilines is 1. The summed E-state index contributed by atoms with van der Waals surface area (Å²) in [6, 6.07) is 6.43. The van der Waals surface area contributed by atoms with Crippen LogP contribution in [0.15, 0.2) is 36.4 Å². The zero-order valence-corrected chi connectivity index (χ0v) is 20.5. The zero-order valence-electron chi connectivity index (χ0n) is 19.7. The Balaban J connectivity index is 1.81. The highest BCUT2D eigenvalue weighted by molar-refractivity contribution is 6.31. The number of amides is 3. The molecule has 1 saturated heterocycles. The number of nitrogens with one attached hydrogen (secondary N) is 1. The number of piperazine rings is 1. The average Bonchev–Trinajstić information content (AvgIpc) is 2.87. The first kappa shape index (κ1) is 28.3. The lowest BCUT2D eigenvalue weighted by Gasteiger charge is -2.37. The number of nitrogens with zero attached hydrogens (tertiary/aromatic N) is 3. The van der Waals surface area contributed by atoms with E-state index >= 15 is 0 Å². The van der Waals surface area contributed by atoms with Crippen LogP contribution < -0.4 is 10.2 Å². The first-order valence-electron chi connectivity index (χ1n) is 11.3. The summed E-state index contributed by atoms with van der Waals surface area (Å²) in [5, 5.41) is 1.21. The molecule has 1 heterocycles. The number of carbonyl (C=O) groups excluding carboxylic acids is 3. The Morgan fingerprint density at radius 2 is 1.68 bits per heavy atom. The molecular weight excluding hydrogens is 523 g/mol. The summed E-state index contributed by atoms with van der Waals surface area (Å²) < 4.78 is 65.7. The number of alkyl halides is 3. The molecule has 3 rings (SSSR count). The van der Waals surface area contributed by atoms with Crippen LogP contribution in [0, 0.1) is 11.6 Å². The molecule has 7 nitrogen and oxygen atoms in total. The van der Waals surface area contributed by atoms with Crippen LogP contribution >= 0.6 is 11.6 Å². The molecule has 0 aromatic heterocycles. The van der Waals surface area contributed by atoms with E-state index in [9.17, 15) is 36.3 Å². The first-order valence-corrected chi connectivity index (χ1v) is 11.7. The fourth-order valence-electron chi connectivity index (χ4n) is 3.73. The molecule has 0 aliphatic carbocycles. The highest BCUT2D eigenvalue weighted by atomic mass is 35.5. The summed E-state index contributed by atoms with van der Waals surface area (Å²) in [5.74, 6) is -4.81. The number of hydrogen-bond acceptors (Lipinski definition) is 4. The Labute approximate surface area is 214 Å². The second-order valence-corrected chi connectivity index (χ2v) is 8.71. The molecule has 1 aliphatic heterocycles. The van der Waals surface area contributed by atoms with E-state index in [1.165, 1.54) is 34.5 Å². The third kappa shape index (κ3) is 7.16. The van der Waals surface area contributed by atoms with Crippen molar-refractivity contribution in [1.82, 2.24) is 15.1 Å². The highest BCUT2D eigenvalue weighted by Gasteiger charge is 2.38. The quantitative estimate of drug-likeness (QED) is 0.416. The summed E-state index contributed by atoms with van der Waals surface area (Å²) >= 11 is 5.91. The molecule has 2 aromatic carbocycles. The molecule has 0 spiro atoms. The molecule has 1 fully saturated rings. The van der Waals surface area contributed by atoms with Crippen molar-refractivity contribution in [1.29, 1.82) is 0 Å².